The fourth-order valence-corrected chi connectivity index (χ4v) is 4.43. The Morgan fingerprint density at radius 1 is 1.00 bits per heavy atom. The number of para-hydroxylation sites is 2. The Kier molecular flexibility index (Phi) is 7.30. The van der Waals surface area contributed by atoms with Crippen LogP contribution in [-0.2, 0) is 16.1 Å². The highest BCUT2D eigenvalue weighted by atomic mass is 19.1. The van der Waals surface area contributed by atoms with Crippen molar-refractivity contribution in [3.05, 3.63) is 59.9 Å². The molecule has 2 aromatic carbocycles. The van der Waals surface area contributed by atoms with Gasteiger partial charge in [0.15, 0.2) is 0 Å². The summed E-state index contributed by atoms with van der Waals surface area (Å²) in [6, 6.07) is 12.9. The normalized spacial score (nSPS) is 17.2. The highest BCUT2D eigenvalue weighted by Crippen LogP contribution is 2.25. The molecule has 0 spiro atoms. The van der Waals surface area contributed by atoms with E-state index in [-0.39, 0.29) is 24.4 Å². The van der Waals surface area contributed by atoms with Crippen molar-refractivity contribution < 1.29 is 23.5 Å². The van der Waals surface area contributed by atoms with Crippen LogP contribution in [0.3, 0.4) is 0 Å². The Labute approximate surface area is 198 Å². The predicted octanol–water partition coefficient (Wildman–Crippen LogP) is 3.09. The molecule has 180 valence electrons. The van der Waals surface area contributed by atoms with Crippen LogP contribution in [0.15, 0.2) is 48.5 Å². The molecule has 8 nitrogen and oxygen atoms in total. The van der Waals surface area contributed by atoms with Crippen molar-refractivity contribution in [1.29, 1.82) is 0 Å². The van der Waals surface area contributed by atoms with Gasteiger partial charge in [0, 0.05) is 38.8 Å². The van der Waals surface area contributed by atoms with E-state index in [9.17, 15) is 18.8 Å². The number of carbonyl (C=O) groups is 3. The van der Waals surface area contributed by atoms with Gasteiger partial charge in [0.1, 0.15) is 11.6 Å². The summed E-state index contributed by atoms with van der Waals surface area (Å²) in [4.78, 5) is 43.1. The number of nitrogens with one attached hydrogen (secondary N) is 1. The maximum atomic E-state index is 13.1. The van der Waals surface area contributed by atoms with E-state index < -0.39 is 11.8 Å². The Balaban J connectivity index is 1.29. The van der Waals surface area contributed by atoms with Crippen molar-refractivity contribution in [2.24, 2.45) is 0 Å². The number of benzene rings is 2. The number of hydrogen-bond donors (Lipinski definition) is 1. The number of piperazine rings is 1. The number of rotatable bonds is 6. The second-order valence-electron chi connectivity index (χ2n) is 8.43. The molecule has 2 fully saturated rings. The lowest BCUT2D eigenvalue weighted by molar-refractivity contribution is -0.158. The standard InChI is InChI=1S/C25H29FN4O4/c1-2-34-22-6-4-3-5-21(22)27-25(33)28-13-11-20(12-14-28)30-16-15-29(23(31)24(30)32)17-18-7-9-19(26)10-8-18/h3-10,20H,2,11-17H2,1H3,(H,27,33). The second-order valence-corrected chi connectivity index (χ2v) is 8.43. The summed E-state index contributed by atoms with van der Waals surface area (Å²) >= 11 is 0. The highest BCUT2D eigenvalue weighted by molar-refractivity contribution is 6.35. The minimum atomic E-state index is -0.539. The largest absolute Gasteiger partial charge is 0.492 e. The Morgan fingerprint density at radius 3 is 2.41 bits per heavy atom. The summed E-state index contributed by atoms with van der Waals surface area (Å²) in [6.45, 7) is 4.52. The minimum absolute atomic E-state index is 0.0795. The van der Waals surface area contributed by atoms with Crippen molar-refractivity contribution in [3.63, 3.8) is 0 Å². The van der Waals surface area contributed by atoms with Gasteiger partial charge in [-0.3, -0.25) is 9.59 Å². The van der Waals surface area contributed by atoms with E-state index in [2.05, 4.69) is 5.32 Å². The molecule has 0 saturated carbocycles. The number of halogens is 1. The lowest BCUT2D eigenvalue weighted by Gasteiger charge is -2.42. The molecule has 2 saturated heterocycles. The minimum Gasteiger partial charge on any atom is -0.492 e. The van der Waals surface area contributed by atoms with Crippen LogP contribution in [0, 0.1) is 5.82 Å². The summed E-state index contributed by atoms with van der Waals surface area (Å²) < 4.78 is 18.7. The molecule has 2 aliphatic rings. The number of amides is 4. The van der Waals surface area contributed by atoms with Gasteiger partial charge in [0.25, 0.3) is 0 Å². The van der Waals surface area contributed by atoms with Gasteiger partial charge < -0.3 is 24.8 Å². The quantitative estimate of drug-likeness (QED) is 0.661. The molecule has 34 heavy (non-hydrogen) atoms. The van der Waals surface area contributed by atoms with Crippen LogP contribution < -0.4 is 10.1 Å². The van der Waals surface area contributed by atoms with Crippen molar-refractivity contribution >= 4 is 23.5 Å². The first-order chi connectivity index (χ1) is 16.5. The number of ether oxygens (including phenoxy) is 1. The Hall–Kier alpha value is -3.62. The zero-order valence-electron chi connectivity index (χ0n) is 19.2. The number of hydrogen-bond acceptors (Lipinski definition) is 4. The van der Waals surface area contributed by atoms with E-state index in [0.717, 1.165) is 5.56 Å². The number of likely N-dealkylation sites (tertiary alicyclic amines) is 1. The molecule has 4 rings (SSSR count). The van der Waals surface area contributed by atoms with Crippen LogP contribution in [0.4, 0.5) is 14.9 Å². The van der Waals surface area contributed by atoms with Gasteiger partial charge in [-0.2, -0.15) is 0 Å². The monoisotopic (exact) mass is 468 g/mol. The third-order valence-corrected chi connectivity index (χ3v) is 6.25. The molecule has 2 aromatic rings. The number of piperidine rings is 1. The summed E-state index contributed by atoms with van der Waals surface area (Å²) in [5.41, 5.74) is 1.40. The number of anilines is 1. The van der Waals surface area contributed by atoms with Gasteiger partial charge in [-0.1, -0.05) is 24.3 Å². The molecule has 0 radical (unpaired) electrons. The van der Waals surface area contributed by atoms with E-state index in [1.807, 2.05) is 25.1 Å². The maximum Gasteiger partial charge on any atom is 0.321 e. The zero-order valence-corrected chi connectivity index (χ0v) is 19.2. The van der Waals surface area contributed by atoms with E-state index in [4.69, 9.17) is 4.74 Å². The first-order valence-corrected chi connectivity index (χ1v) is 11.6. The highest BCUT2D eigenvalue weighted by Gasteiger charge is 2.38. The van der Waals surface area contributed by atoms with Gasteiger partial charge in [-0.15, -0.1) is 0 Å². The van der Waals surface area contributed by atoms with Gasteiger partial charge in [-0.05, 0) is 49.6 Å². The van der Waals surface area contributed by atoms with Gasteiger partial charge in [0.05, 0.1) is 12.3 Å². The van der Waals surface area contributed by atoms with Crippen molar-refractivity contribution in [3.8, 4) is 5.75 Å². The Morgan fingerprint density at radius 2 is 1.71 bits per heavy atom. The van der Waals surface area contributed by atoms with Crippen LogP contribution in [-0.4, -0.2) is 71.4 Å². The molecule has 0 aliphatic carbocycles. The van der Waals surface area contributed by atoms with Gasteiger partial charge in [-0.25, -0.2) is 9.18 Å². The van der Waals surface area contributed by atoms with Crippen LogP contribution >= 0.6 is 0 Å². The lowest BCUT2D eigenvalue weighted by Crippen LogP contribution is -2.59. The van der Waals surface area contributed by atoms with Crippen LogP contribution in [0.2, 0.25) is 0 Å². The molecule has 0 unspecified atom stereocenters. The van der Waals surface area contributed by atoms with Crippen LogP contribution in [0.5, 0.6) is 5.75 Å². The van der Waals surface area contributed by atoms with Gasteiger partial charge >= 0.3 is 17.8 Å². The third-order valence-electron chi connectivity index (χ3n) is 6.25. The fraction of sp³-hybridized carbons (Fsp3) is 0.400. The molecule has 4 amide bonds. The van der Waals surface area contributed by atoms with Crippen molar-refractivity contribution in [2.45, 2.75) is 32.4 Å². The smallest absolute Gasteiger partial charge is 0.321 e. The topological polar surface area (TPSA) is 82.2 Å². The Bertz CT molecular complexity index is 1040. The first-order valence-electron chi connectivity index (χ1n) is 11.6. The van der Waals surface area contributed by atoms with E-state index in [0.29, 0.717) is 57.1 Å². The molecule has 9 heteroatoms. The average molecular weight is 469 g/mol. The van der Waals surface area contributed by atoms with Crippen LogP contribution in [0.25, 0.3) is 0 Å². The number of nitrogens with zero attached hydrogens (tertiary/aromatic N) is 3. The van der Waals surface area contributed by atoms with Crippen molar-refractivity contribution in [1.82, 2.24) is 14.7 Å². The molecular weight excluding hydrogens is 439 g/mol. The maximum absolute atomic E-state index is 13.1. The SMILES string of the molecule is CCOc1ccccc1NC(=O)N1CCC(N2CCN(Cc3ccc(F)cc3)C(=O)C2=O)CC1. The summed E-state index contributed by atoms with van der Waals surface area (Å²) in [5.74, 6) is -0.768. The van der Waals surface area contributed by atoms with E-state index in [1.54, 1.807) is 28.0 Å². The molecule has 0 bridgehead atoms. The van der Waals surface area contributed by atoms with Gasteiger partial charge in [0.2, 0.25) is 0 Å². The van der Waals surface area contributed by atoms with Crippen molar-refractivity contribution in [2.75, 3.05) is 38.1 Å². The number of carbonyl (C=O) groups excluding carboxylic acids is 3. The van der Waals surface area contributed by atoms with E-state index >= 15 is 0 Å². The third kappa shape index (κ3) is 5.30. The molecule has 0 atom stereocenters. The predicted molar refractivity (Wildman–Crippen MR) is 125 cm³/mol. The molecular formula is C25H29FN4O4. The lowest BCUT2D eigenvalue weighted by atomic mass is 10.0. The van der Waals surface area contributed by atoms with Crippen LogP contribution in [0.1, 0.15) is 25.3 Å². The summed E-state index contributed by atoms with van der Waals surface area (Å²) in [6.07, 6.45) is 1.22. The molecule has 2 aliphatic heterocycles. The second kappa shape index (κ2) is 10.5. The summed E-state index contributed by atoms with van der Waals surface area (Å²) in [5, 5.41) is 2.90. The molecule has 2 heterocycles. The first kappa shape index (κ1) is 23.5. The number of urea groups is 1. The average Bonchev–Trinajstić information content (AvgIpc) is 2.85. The molecule has 1 N–H and O–H groups in total. The fourth-order valence-electron chi connectivity index (χ4n) is 4.43. The zero-order chi connectivity index (χ0) is 24.1. The molecule has 0 aromatic heterocycles. The van der Waals surface area contributed by atoms with E-state index in [1.165, 1.54) is 17.0 Å². The summed E-state index contributed by atoms with van der Waals surface area (Å²) in [7, 11) is 0.